The van der Waals surface area contributed by atoms with Gasteiger partial charge in [-0.15, -0.1) is 0 Å². The average molecular weight is 406 g/mol. The van der Waals surface area contributed by atoms with Crippen molar-refractivity contribution in [3.8, 4) is 0 Å². The van der Waals surface area contributed by atoms with Crippen LogP contribution in [-0.2, 0) is 14.1 Å². The number of hydrogen-bond donors (Lipinski definition) is 2. The summed E-state index contributed by atoms with van der Waals surface area (Å²) in [6.07, 6.45) is 0. The summed E-state index contributed by atoms with van der Waals surface area (Å²) >= 11 is 0. The maximum atomic E-state index is 11.6. The Balaban J connectivity index is 0.000000171. The van der Waals surface area contributed by atoms with Crippen molar-refractivity contribution in [2.75, 3.05) is 10.6 Å². The maximum Gasteiger partial charge on any atom is 0.258 e. The SMILES string of the molecule is Cn1nnnc1NC(=O)c1ccccc1.Cn1nnnc1NC(=O)c1ccccc1. The van der Waals surface area contributed by atoms with Gasteiger partial charge in [0.05, 0.1) is 0 Å². The number of amides is 2. The zero-order valence-electron chi connectivity index (χ0n) is 16.2. The first-order valence-electron chi connectivity index (χ1n) is 8.72. The largest absolute Gasteiger partial charge is 0.289 e. The molecule has 0 fully saturated rings. The third kappa shape index (κ3) is 5.28. The highest BCUT2D eigenvalue weighted by Gasteiger charge is 2.09. The maximum absolute atomic E-state index is 11.6. The minimum atomic E-state index is -0.228. The number of tetrazole rings is 2. The van der Waals surface area contributed by atoms with Gasteiger partial charge in [0, 0.05) is 25.2 Å². The molecule has 12 nitrogen and oxygen atoms in total. The monoisotopic (exact) mass is 406 g/mol. The van der Waals surface area contributed by atoms with Crippen LogP contribution in [0, 0.1) is 0 Å². The van der Waals surface area contributed by atoms with Crippen LogP contribution in [-0.4, -0.2) is 52.2 Å². The molecule has 0 radical (unpaired) electrons. The van der Waals surface area contributed by atoms with Crippen molar-refractivity contribution in [1.29, 1.82) is 0 Å². The molecule has 2 heterocycles. The van der Waals surface area contributed by atoms with E-state index in [1.807, 2.05) is 12.1 Å². The van der Waals surface area contributed by atoms with E-state index in [9.17, 15) is 9.59 Å². The standard InChI is InChI=1S/2C9H9N5O/c2*1-14-9(11-12-13-14)10-8(15)7-5-3-2-4-6-7/h2*2-6H,1H3,(H,10,11,13,15). The lowest BCUT2D eigenvalue weighted by molar-refractivity contribution is 0.101. The normalized spacial score (nSPS) is 9.93. The van der Waals surface area contributed by atoms with Crippen LogP contribution >= 0.6 is 0 Å². The third-order valence-electron chi connectivity index (χ3n) is 3.76. The molecule has 2 aromatic carbocycles. The van der Waals surface area contributed by atoms with Crippen LogP contribution in [0.1, 0.15) is 20.7 Å². The van der Waals surface area contributed by atoms with E-state index in [1.165, 1.54) is 9.36 Å². The molecule has 12 heteroatoms. The number of anilines is 2. The quantitative estimate of drug-likeness (QED) is 0.509. The number of aromatic nitrogens is 8. The molecular formula is C18H18N10O2. The van der Waals surface area contributed by atoms with E-state index >= 15 is 0 Å². The van der Waals surface area contributed by atoms with Crippen LogP contribution in [0.3, 0.4) is 0 Å². The van der Waals surface area contributed by atoms with Gasteiger partial charge in [0.25, 0.3) is 11.8 Å². The Kier molecular flexibility index (Phi) is 6.51. The first kappa shape index (κ1) is 20.3. The van der Waals surface area contributed by atoms with Crippen LogP contribution in [0.4, 0.5) is 11.9 Å². The van der Waals surface area contributed by atoms with E-state index in [0.29, 0.717) is 23.0 Å². The van der Waals surface area contributed by atoms with Crippen LogP contribution in [0.5, 0.6) is 0 Å². The number of rotatable bonds is 4. The molecule has 0 spiro atoms. The third-order valence-corrected chi connectivity index (χ3v) is 3.76. The van der Waals surface area contributed by atoms with Crippen molar-refractivity contribution >= 4 is 23.7 Å². The number of carbonyl (C=O) groups excluding carboxylic acids is 2. The molecule has 0 aliphatic heterocycles. The van der Waals surface area contributed by atoms with E-state index in [1.54, 1.807) is 62.6 Å². The van der Waals surface area contributed by atoms with Gasteiger partial charge < -0.3 is 0 Å². The zero-order valence-corrected chi connectivity index (χ0v) is 16.2. The Morgan fingerprint density at radius 1 is 0.667 bits per heavy atom. The average Bonchev–Trinajstić information content (AvgIpc) is 3.37. The Morgan fingerprint density at radius 3 is 1.33 bits per heavy atom. The predicted octanol–water partition coefficient (Wildman–Crippen LogP) is 0.925. The molecule has 0 atom stereocenters. The number of nitrogens with zero attached hydrogens (tertiary/aromatic N) is 8. The summed E-state index contributed by atoms with van der Waals surface area (Å²) < 4.78 is 2.78. The fourth-order valence-electron chi connectivity index (χ4n) is 2.20. The topological polar surface area (TPSA) is 145 Å². The number of hydrogen-bond acceptors (Lipinski definition) is 8. The van der Waals surface area contributed by atoms with Gasteiger partial charge in [-0.25, -0.2) is 9.36 Å². The number of nitrogens with one attached hydrogen (secondary N) is 2. The second kappa shape index (κ2) is 9.64. The first-order valence-corrected chi connectivity index (χ1v) is 8.72. The van der Waals surface area contributed by atoms with Gasteiger partial charge in [0.15, 0.2) is 0 Å². The Bertz CT molecular complexity index is 1020. The van der Waals surface area contributed by atoms with Gasteiger partial charge >= 0.3 is 0 Å². The Morgan fingerprint density at radius 2 is 1.03 bits per heavy atom. The van der Waals surface area contributed by atoms with Gasteiger partial charge in [-0.1, -0.05) is 46.6 Å². The summed E-state index contributed by atoms with van der Waals surface area (Å²) in [6.45, 7) is 0. The first-order chi connectivity index (χ1) is 14.5. The van der Waals surface area contributed by atoms with Crippen molar-refractivity contribution in [3.05, 3.63) is 71.8 Å². The summed E-state index contributed by atoms with van der Waals surface area (Å²) in [5.74, 6) is 0.190. The molecule has 4 aromatic rings. The van der Waals surface area contributed by atoms with Crippen LogP contribution < -0.4 is 10.6 Å². The molecule has 0 bridgehead atoms. The van der Waals surface area contributed by atoms with Crippen LogP contribution in [0.2, 0.25) is 0 Å². The van der Waals surface area contributed by atoms with Gasteiger partial charge in [0.2, 0.25) is 11.9 Å². The van der Waals surface area contributed by atoms with Crippen molar-refractivity contribution < 1.29 is 9.59 Å². The van der Waals surface area contributed by atoms with Crippen molar-refractivity contribution in [2.45, 2.75) is 0 Å². The molecule has 30 heavy (non-hydrogen) atoms. The summed E-state index contributed by atoms with van der Waals surface area (Å²) in [5, 5.41) is 26.5. The van der Waals surface area contributed by atoms with Crippen molar-refractivity contribution in [3.63, 3.8) is 0 Å². The number of benzene rings is 2. The number of aryl methyl sites for hydroxylation is 2. The summed E-state index contributed by atoms with van der Waals surface area (Å²) in [4.78, 5) is 23.3. The second-order valence-corrected chi connectivity index (χ2v) is 5.89. The van der Waals surface area contributed by atoms with Crippen LogP contribution in [0.15, 0.2) is 60.7 Å². The lowest BCUT2D eigenvalue weighted by Gasteiger charge is -2.01. The smallest absolute Gasteiger partial charge is 0.258 e. The molecule has 0 saturated carbocycles. The fourth-order valence-corrected chi connectivity index (χ4v) is 2.20. The minimum absolute atomic E-state index is 0.228. The van der Waals surface area contributed by atoms with E-state index < -0.39 is 0 Å². The molecule has 2 N–H and O–H groups in total. The molecular weight excluding hydrogens is 388 g/mol. The number of carbonyl (C=O) groups is 2. The molecule has 2 amide bonds. The van der Waals surface area contributed by atoms with Crippen molar-refractivity contribution in [2.24, 2.45) is 14.1 Å². The van der Waals surface area contributed by atoms with Gasteiger partial charge in [-0.3, -0.25) is 20.2 Å². The molecule has 0 aliphatic carbocycles. The molecule has 2 aromatic heterocycles. The Labute approximate surface area is 170 Å². The molecule has 0 saturated heterocycles. The molecule has 0 aliphatic rings. The highest BCUT2D eigenvalue weighted by molar-refractivity contribution is 6.03. The highest BCUT2D eigenvalue weighted by atomic mass is 16.2. The fraction of sp³-hybridized carbons (Fsp3) is 0.111. The summed E-state index contributed by atoms with van der Waals surface area (Å²) in [7, 11) is 3.31. The minimum Gasteiger partial charge on any atom is -0.289 e. The predicted molar refractivity (Wildman–Crippen MR) is 106 cm³/mol. The molecule has 0 unspecified atom stereocenters. The Hall–Kier alpha value is -4.48. The van der Waals surface area contributed by atoms with E-state index in [0.717, 1.165) is 0 Å². The summed E-state index contributed by atoms with van der Waals surface area (Å²) in [6, 6.07) is 17.8. The molecule has 152 valence electrons. The summed E-state index contributed by atoms with van der Waals surface area (Å²) in [5.41, 5.74) is 1.14. The van der Waals surface area contributed by atoms with E-state index in [2.05, 4.69) is 41.7 Å². The molecule has 4 rings (SSSR count). The lowest BCUT2D eigenvalue weighted by Crippen LogP contribution is -2.15. The van der Waals surface area contributed by atoms with Gasteiger partial charge in [-0.2, -0.15) is 0 Å². The lowest BCUT2D eigenvalue weighted by atomic mass is 10.2. The second-order valence-electron chi connectivity index (χ2n) is 5.89. The zero-order chi connectivity index (χ0) is 21.3. The van der Waals surface area contributed by atoms with Crippen molar-refractivity contribution in [1.82, 2.24) is 40.4 Å². The van der Waals surface area contributed by atoms with E-state index in [-0.39, 0.29) is 11.8 Å². The van der Waals surface area contributed by atoms with Gasteiger partial charge in [0.1, 0.15) is 0 Å². The van der Waals surface area contributed by atoms with Gasteiger partial charge in [-0.05, 0) is 45.1 Å². The highest BCUT2D eigenvalue weighted by Crippen LogP contribution is 2.04. The van der Waals surface area contributed by atoms with Crippen LogP contribution in [0.25, 0.3) is 0 Å². The van der Waals surface area contributed by atoms with E-state index in [4.69, 9.17) is 0 Å².